The first-order chi connectivity index (χ1) is 13.2. The number of para-hydroxylation sites is 2. The number of carbonyl (C=O) groups excluding carboxylic acids is 2. The molecule has 0 saturated carbocycles. The van der Waals surface area contributed by atoms with Crippen molar-refractivity contribution in [3.63, 3.8) is 0 Å². The number of benzene rings is 2. The molecule has 0 spiro atoms. The highest BCUT2D eigenvalue weighted by Gasteiger charge is 2.26. The summed E-state index contributed by atoms with van der Waals surface area (Å²) in [5.74, 6) is 0.658. The Bertz CT molecular complexity index is 809. The molecular weight excluding hydrogens is 340 g/mol. The quantitative estimate of drug-likeness (QED) is 0.825. The average Bonchev–Trinajstić information content (AvgIpc) is 2.73. The highest BCUT2D eigenvalue weighted by Crippen LogP contribution is 2.21. The van der Waals surface area contributed by atoms with Crippen molar-refractivity contribution in [2.75, 3.05) is 25.5 Å². The summed E-state index contributed by atoms with van der Waals surface area (Å²) in [5.41, 5.74) is 1.67. The first-order valence-corrected chi connectivity index (χ1v) is 9.13. The lowest BCUT2D eigenvalue weighted by Gasteiger charge is -2.30. The van der Waals surface area contributed by atoms with Crippen LogP contribution in [0.25, 0.3) is 6.08 Å². The van der Waals surface area contributed by atoms with Crippen LogP contribution >= 0.6 is 0 Å². The zero-order valence-corrected chi connectivity index (χ0v) is 15.4. The van der Waals surface area contributed by atoms with E-state index in [1.165, 1.54) is 0 Å². The number of hydrogen-bond acceptors (Lipinski definition) is 3. The van der Waals surface area contributed by atoms with Gasteiger partial charge in [0.2, 0.25) is 11.8 Å². The van der Waals surface area contributed by atoms with Crippen molar-refractivity contribution in [3.05, 3.63) is 66.2 Å². The fraction of sp³-hybridized carbons (Fsp3) is 0.273. The molecule has 0 atom stereocenters. The van der Waals surface area contributed by atoms with Crippen LogP contribution in [0.5, 0.6) is 5.75 Å². The van der Waals surface area contributed by atoms with Gasteiger partial charge in [0.1, 0.15) is 5.75 Å². The van der Waals surface area contributed by atoms with E-state index in [1.54, 1.807) is 24.2 Å². The topological polar surface area (TPSA) is 58.6 Å². The third kappa shape index (κ3) is 4.97. The molecule has 1 aliphatic heterocycles. The number of anilines is 1. The van der Waals surface area contributed by atoms with Gasteiger partial charge in [-0.3, -0.25) is 9.59 Å². The maximum atomic E-state index is 12.4. The molecule has 140 valence electrons. The lowest BCUT2D eigenvalue weighted by Crippen LogP contribution is -2.40. The molecule has 0 unspecified atom stereocenters. The van der Waals surface area contributed by atoms with Crippen molar-refractivity contribution >= 4 is 23.6 Å². The minimum absolute atomic E-state index is 0.0258. The summed E-state index contributed by atoms with van der Waals surface area (Å²) in [6.07, 6.45) is 4.69. The Balaban J connectivity index is 1.52. The standard InChI is InChI=1S/C22H24N2O3/c1-27-20-10-6-5-7-17(20)11-12-21(25)24-15-13-18(14-16-24)22(26)23-19-8-3-2-4-9-19/h2-12,18H,13-16H2,1H3,(H,23,26)/b12-11+. The number of hydrogen-bond donors (Lipinski definition) is 1. The number of amides is 2. The van der Waals surface area contributed by atoms with Gasteiger partial charge in [-0.2, -0.15) is 0 Å². The number of nitrogens with zero attached hydrogens (tertiary/aromatic N) is 1. The second-order valence-electron chi connectivity index (χ2n) is 6.53. The zero-order valence-electron chi connectivity index (χ0n) is 15.4. The van der Waals surface area contributed by atoms with Crippen molar-refractivity contribution in [3.8, 4) is 5.75 Å². The summed E-state index contributed by atoms with van der Waals surface area (Å²) in [4.78, 5) is 26.6. The second-order valence-corrected chi connectivity index (χ2v) is 6.53. The molecule has 5 heteroatoms. The Morgan fingerprint density at radius 3 is 2.41 bits per heavy atom. The van der Waals surface area contributed by atoms with Crippen LogP contribution in [0.3, 0.4) is 0 Å². The third-order valence-corrected chi connectivity index (χ3v) is 4.76. The van der Waals surface area contributed by atoms with Crippen molar-refractivity contribution in [2.45, 2.75) is 12.8 Å². The lowest BCUT2D eigenvalue weighted by atomic mass is 9.95. The van der Waals surface area contributed by atoms with Gasteiger partial charge in [-0.1, -0.05) is 36.4 Å². The Morgan fingerprint density at radius 1 is 1.04 bits per heavy atom. The van der Waals surface area contributed by atoms with Gasteiger partial charge in [0, 0.05) is 36.3 Å². The zero-order chi connectivity index (χ0) is 19.1. The van der Waals surface area contributed by atoms with Gasteiger partial charge in [0.15, 0.2) is 0 Å². The van der Waals surface area contributed by atoms with Crippen molar-refractivity contribution < 1.29 is 14.3 Å². The molecule has 3 rings (SSSR count). The van der Waals surface area contributed by atoms with E-state index < -0.39 is 0 Å². The fourth-order valence-electron chi connectivity index (χ4n) is 3.20. The minimum Gasteiger partial charge on any atom is -0.496 e. The van der Waals surface area contributed by atoms with Gasteiger partial charge in [0.25, 0.3) is 0 Å². The van der Waals surface area contributed by atoms with E-state index in [2.05, 4.69) is 5.32 Å². The van der Waals surface area contributed by atoms with E-state index in [0.29, 0.717) is 25.9 Å². The van der Waals surface area contributed by atoms with Crippen LogP contribution < -0.4 is 10.1 Å². The van der Waals surface area contributed by atoms with Crippen LogP contribution in [-0.4, -0.2) is 36.9 Å². The number of piperidine rings is 1. The van der Waals surface area contributed by atoms with E-state index in [-0.39, 0.29) is 17.7 Å². The summed E-state index contributed by atoms with van der Waals surface area (Å²) in [6, 6.07) is 17.0. The van der Waals surface area contributed by atoms with Crippen LogP contribution in [-0.2, 0) is 9.59 Å². The highest BCUT2D eigenvalue weighted by molar-refractivity contribution is 5.94. The van der Waals surface area contributed by atoms with Crippen LogP contribution in [0.2, 0.25) is 0 Å². The number of carbonyl (C=O) groups is 2. The summed E-state index contributed by atoms with van der Waals surface area (Å²) >= 11 is 0. The Morgan fingerprint density at radius 2 is 1.70 bits per heavy atom. The van der Waals surface area contributed by atoms with Gasteiger partial charge in [-0.05, 0) is 37.1 Å². The van der Waals surface area contributed by atoms with E-state index >= 15 is 0 Å². The molecule has 0 bridgehead atoms. The summed E-state index contributed by atoms with van der Waals surface area (Å²) in [7, 11) is 1.61. The summed E-state index contributed by atoms with van der Waals surface area (Å²) < 4.78 is 5.29. The predicted octanol–water partition coefficient (Wildman–Crippen LogP) is 3.59. The molecule has 2 aromatic carbocycles. The molecule has 0 aromatic heterocycles. The molecule has 1 aliphatic rings. The normalized spacial score (nSPS) is 14.9. The molecule has 1 saturated heterocycles. The maximum absolute atomic E-state index is 12.4. The van der Waals surface area contributed by atoms with Crippen molar-refractivity contribution in [2.24, 2.45) is 5.92 Å². The second kappa shape index (κ2) is 9.03. The molecule has 5 nitrogen and oxygen atoms in total. The first kappa shape index (κ1) is 18.7. The summed E-state index contributed by atoms with van der Waals surface area (Å²) in [6.45, 7) is 1.17. The molecule has 1 N–H and O–H groups in total. The largest absolute Gasteiger partial charge is 0.496 e. The Hall–Kier alpha value is -3.08. The number of likely N-dealkylation sites (tertiary alicyclic amines) is 1. The van der Waals surface area contributed by atoms with Crippen molar-refractivity contribution in [1.82, 2.24) is 4.90 Å². The van der Waals surface area contributed by atoms with E-state index in [0.717, 1.165) is 17.0 Å². The Labute approximate surface area is 159 Å². The number of methoxy groups -OCH3 is 1. The molecule has 27 heavy (non-hydrogen) atoms. The SMILES string of the molecule is COc1ccccc1/C=C/C(=O)N1CCC(C(=O)Nc2ccccc2)CC1. The van der Waals surface area contributed by atoms with Gasteiger partial charge < -0.3 is 15.0 Å². The molecule has 0 aliphatic carbocycles. The monoisotopic (exact) mass is 364 g/mol. The molecule has 2 amide bonds. The smallest absolute Gasteiger partial charge is 0.246 e. The molecular formula is C22H24N2O3. The van der Waals surface area contributed by atoms with Crippen LogP contribution in [0.1, 0.15) is 18.4 Å². The van der Waals surface area contributed by atoms with Gasteiger partial charge in [-0.15, -0.1) is 0 Å². The first-order valence-electron chi connectivity index (χ1n) is 9.13. The predicted molar refractivity (Wildman–Crippen MR) is 106 cm³/mol. The summed E-state index contributed by atoms with van der Waals surface area (Å²) in [5, 5.41) is 2.94. The third-order valence-electron chi connectivity index (χ3n) is 4.76. The van der Waals surface area contributed by atoms with Crippen LogP contribution in [0.4, 0.5) is 5.69 Å². The number of rotatable bonds is 5. The van der Waals surface area contributed by atoms with Crippen LogP contribution in [0, 0.1) is 5.92 Å². The minimum atomic E-state index is -0.0625. The molecule has 0 radical (unpaired) electrons. The van der Waals surface area contributed by atoms with Crippen molar-refractivity contribution in [1.29, 1.82) is 0 Å². The van der Waals surface area contributed by atoms with E-state index in [9.17, 15) is 9.59 Å². The van der Waals surface area contributed by atoms with Crippen LogP contribution in [0.15, 0.2) is 60.7 Å². The number of nitrogens with one attached hydrogen (secondary N) is 1. The number of ether oxygens (including phenoxy) is 1. The maximum Gasteiger partial charge on any atom is 0.246 e. The highest BCUT2D eigenvalue weighted by atomic mass is 16.5. The molecule has 1 fully saturated rings. The molecule has 2 aromatic rings. The van der Waals surface area contributed by atoms with Gasteiger partial charge in [-0.25, -0.2) is 0 Å². The lowest BCUT2D eigenvalue weighted by molar-refractivity contribution is -0.130. The van der Waals surface area contributed by atoms with Gasteiger partial charge >= 0.3 is 0 Å². The van der Waals surface area contributed by atoms with E-state index in [1.807, 2.05) is 54.6 Å². The average molecular weight is 364 g/mol. The van der Waals surface area contributed by atoms with Gasteiger partial charge in [0.05, 0.1) is 7.11 Å². The van der Waals surface area contributed by atoms with E-state index in [4.69, 9.17) is 4.74 Å². The molecule has 1 heterocycles. The fourth-order valence-corrected chi connectivity index (χ4v) is 3.20. The Kier molecular flexibility index (Phi) is 6.26.